The van der Waals surface area contributed by atoms with Crippen molar-refractivity contribution in [3.63, 3.8) is 0 Å². The van der Waals surface area contributed by atoms with Crippen LogP contribution in [0.2, 0.25) is 0 Å². The molecule has 4 heterocycles. The number of fused-ring (bicyclic) bond motifs is 1. The van der Waals surface area contributed by atoms with Crippen molar-refractivity contribution in [1.29, 1.82) is 0 Å². The summed E-state index contributed by atoms with van der Waals surface area (Å²) in [5, 5.41) is 4.28. The Morgan fingerprint density at radius 3 is 2.74 bits per heavy atom. The van der Waals surface area contributed by atoms with Crippen molar-refractivity contribution < 1.29 is 4.74 Å². The molecule has 2 aromatic heterocycles. The number of benzene rings is 1. The number of nitrogens with zero attached hydrogens (tertiary/aromatic N) is 6. The summed E-state index contributed by atoms with van der Waals surface area (Å²) >= 11 is 0. The SMILES string of the molecule is Cn1cc(-c2ccc3c(c2)C(c2cc(N4CCOCC4)ncn2)=NC3)cn1. The molecule has 0 amide bonds. The third-order valence-electron chi connectivity index (χ3n) is 5.04. The van der Waals surface area contributed by atoms with Gasteiger partial charge in [-0.05, 0) is 17.2 Å². The van der Waals surface area contributed by atoms with Gasteiger partial charge in [-0.15, -0.1) is 0 Å². The second kappa shape index (κ2) is 6.59. The predicted octanol–water partition coefficient (Wildman–Crippen LogP) is 2.06. The number of aromatic nitrogens is 4. The van der Waals surface area contributed by atoms with Gasteiger partial charge in [-0.2, -0.15) is 5.10 Å². The van der Waals surface area contributed by atoms with E-state index in [0.29, 0.717) is 6.54 Å². The average Bonchev–Trinajstić information content (AvgIpc) is 3.34. The van der Waals surface area contributed by atoms with Gasteiger partial charge in [0, 0.05) is 43.5 Å². The van der Waals surface area contributed by atoms with Crippen molar-refractivity contribution in [1.82, 2.24) is 19.7 Å². The molecule has 1 saturated heterocycles. The molecule has 7 heteroatoms. The van der Waals surface area contributed by atoms with Crippen LogP contribution in [0.15, 0.2) is 48.0 Å². The van der Waals surface area contributed by atoms with Gasteiger partial charge < -0.3 is 9.64 Å². The first-order valence-corrected chi connectivity index (χ1v) is 9.10. The maximum atomic E-state index is 5.44. The highest BCUT2D eigenvalue weighted by Crippen LogP contribution is 2.28. The second-order valence-electron chi connectivity index (χ2n) is 6.80. The van der Waals surface area contributed by atoms with Gasteiger partial charge in [0.25, 0.3) is 0 Å². The second-order valence-corrected chi connectivity index (χ2v) is 6.80. The zero-order chi connectivity index (χ0) is 18.2. The lowest BCUT2D eigenvalue weighted by Gasteiger charge is -2.27. The van der Waals surface area contributed by atoms with Crippen LogP contribution in [0.5, 0.6) is 0 Å². The van der Waals surface area contributed by atoms with E-state index in [1.54, 1.807) is 6.33 Å². The van der Waals surface area contributed by atoms with Crippen molar-refractivity contribution in [2.24, 2.45) is 12.0 Å². The Labute approximate surface area is 157 Å². The number of anilines is 1. The number of ether oxygens (including phenoxy) is 1. The van der Waals surface area contributed by atoms with Gasteiger partial charge in [-0.25, -0.2) is 9.97 Å². The maximum absolute atomic E-state index is 5.44. The molecule has 7 nitrogen and oxygen atoms in total. The molecule has 5 rings (SSSR count). The van der Waals surface area contributed by atoms with Crippen LogP contribution in [0.4, 0.5) is 5.82 Å². The average molecular weight is 360 g/mol. The molecule has 0 radical (unpaired) electrons. The van der Waals surface area contributed by atoms with Crippen molar-refractivity contribution in [3.8, 4) is 11.1 Å². The van der Waals surface area contributed by atoms with Gasteiger partial charge in [0.05, 0.1) is 37.4 Å². The summed E-state index contributed by atoms with van der Waals surface area (Å²) in [6.07, 6.45) is 5.54. The summed E-state index contributed by atoms with van der Waals surface area (Å²) in [6.45, 7) is 3.86. The molecular weight excluding hydrogens is 340 g/mol. The minimum atomic E-state index is 0.689. The number of hydrogen-bond donors (Lipinski definition) is 0. The normalized spacial score (nSPS) is 16.3. The highest BCUT2D eigenvalue weighted by Gasteiger charge is 2.21. The fourth-order valence-corrected chi connectivity index (χ4v) is 3.59. The lowest BCUT2D eigenvalue weighted by molar-refractivity contribution is 0.122. The molecule has 2 aliphatic rings. The first-order valence-electron chi connectivity index (χ1n) is 9.10. The summed E-state index contributed by atoms with van der Waals surface area (Å²) < 4.78 is 7.26. The van der Waals surface area contributed by atoms with Gasteiger partial charge in [0.2, 0.25) is 0 Å². The topological polar surface area (TPSA) is 68.4 Å². The molecule has 0 N–H and O–H groups in total. The van der Waals surface area contributed by atoms with Crippen LogP contribution in [-0.4, -0.2) is 51.8 Å². The number of aryl methyl sites for hydroxylation is 1. The van der Waals surface area contributed by atoms with Crippen LogP contribution >= 0.6 is 0 Å². The Morgan fingerprint density at radius 1 is 1.04 bits per heavy atom. The van der Waals surface area contributed by atoms with E-state index in [2.05, 4.69) is 38.2 Å². The molecule has 0 bridgehead atoms. The number of hydrogen-bond acceptors (Lipinski definition) is 6. The third kappa shape index (κ3) is 3.00. The van der Waals surface area contributed by atoms with E-state index in [1.165, 1.54) is 5.56 Å². The molecule has 0 aliphatic carbocycles. The van der Waals surface area contributed by atoms with Crippen LogP contribution in [0.25, 0.3) is 11.1 Å². The van der Waals surface area contributed by atoms with Gasteiger partial charge in [0.1, 0.15) is 12.1 Å². The van der Waals surface area contributed by atoms with E-state index in [9.17, 15) is 0 Å². The monoisotopic (exact) mass is 360 g/mol. The molecule has 0 saturated carbocycles. The Morgan fingerprint density at radius 2 is 1.93 bits per heavy atom. The minimum Gasteiger partial charge on any atom is -0.378 e. The Kier molecular flexibility index (Phi) is 3.94. The van der Waals surface area contributed by atoms with Crippen molar-refractivity contribution in [2.75, 3.05) is 31.2 Å². The Balaban J connectivity index is 1.50. The molecule has 27 heavy (non-hydrogen) atoms. The molecule has 1 aromatic carbocycles. The minimum absolute atomic E-state index is 0.689. The summed E-state index contributed by atoms with van der Waals surface area (Å²) in [7, 11) is 1.93. The highest BCUT2D eigenvalue weighted by molar-refractivity contribution is 6.14. The quantitative estimate of drug-likeness (QED) is 0.715. The molecular formula is C20H20N6O. The van der Waals surface area contributed by atoms with E-state index < -0.39 is 0 Å². The fraction of sp³-hybridized carbons (Fsp3) is 0.300. The van der Waals surface area contributed by atoms with Gasteiger partial charge >= 0.3 is 0 Å². The summed E-state index contributed by atoms with van der Waals surface area (Å²) in [4.78, 5) is 16.0. The first-order chi connectivity index (χ1) is 13.3. The smallest absolute Gasteiger partial charge is 0.132 e. The predicted molar refractivity (Wildman–Crippen MR) is 103 cm³/mol. The van der Waals surface area contributed by atoms with E-state index in [4.69, 9.17) is 9.73 Å². The van der Waals surface area contributed by atoms with E-state index in [-0.39, 0.29) is 0 Å². The van der Waals surface area contributed by atoms with Crippen molar-refractivity contribution >= 4 is 11.5 Å². The van der Waals surface area contributed by atoms with Crippen LogP contribution in [0.1, 0.15) is 16.8 Å². The Bertz CT molecular complexity index is 1020. The third-order valence-corrected chi connectivity index (χ3v) is 5.04. The first kappa shape index (κ1) is 16.1. The summed E-state index contributed by atoms with van der Waals surface area (Å²) in [6, 6.07) is 8.51. The fourth-order valence-electron chi connectivity index (χ4n) is 3.59. The number of aliphatic imine (C=N–C) groups is 1. The zero-order valence-electron chi connectivity index (χ0n) is 15.2. The van der Waals surface area contributed by atoms with Crippen LogP contribution in [0.3, 0.4) is 0 Å². The number of morpholine rings is 1. The summed E-state index contributed by atoms with van der Waals surface area (Å²) in [5.41, 5.74) is 6.41. The van der Waals surface area contributed by atoms with E-state index in [0.717, 1.165) is 60.2 Å². The van der Waals surface area contributed by atoms with Crippen LogP contribution in [-0.2, 0) is 18.3 Å². The lowest BCUT2D eigenvalue weighted by atomic mass is 9.98. The largest absolute Gasteiger partial charge is 0.378 e. The molecule has 0 atom stereocenters. The molecule has 0 spiro atoms. The number of rotatable bonds is 3. The molecule has 1 fully saturated rings. The van der Waals surface area contributed by atoms with Gasteiger partial charge in [0.15, 0.2) is 0 Å². The van der Waals surface area contributed by atoms with Crippen molar-refractivity contribution in [3.05, 3.63) is 59.8 Å². The summed E-state index contributed by atoms with van der Waals surface area (Å²) in [5.74, 6) is 0.933. The maximum Gasteiger partial charge on any atom is 0.132 e. The van der Waals surface area contributed by atoms with Crippen LogP contribution < -0.4 is 4.90 Å². The van der Waals surface area contributed by atoms with Gasteiger partial charge in [-0.1, -0.05) is 12.1 Å². The molecule has 0 unspecified atom stereocenters. The standard InChI is InChI=1S/C20H20N6O/c1-25-12-16(11-24-25)14-2-3-15-10-21-20(17(15)8-14)18-9-19(23-13-22-18)26-4-6-27-7-5-26/h2-3,8-9,11-13H,4-7,10H2,1H3. The highest BCUT2D eigenvalue weighted by atomic mass is 16.5. The molecule has 136 valence electrons. The lowest BCUT2D eigenvalue weighted by Crippen LogP contribution is -2.36. The van der Waals surface area contributed by atoms with E-state index in [1.807, 2.05) is 30.2 Å². The van der Waals surface area contributed by atoms with Crippen molar-refractivity contribution in [2.45, 2.75) is 6.54 Å². The Hall–Kier alpha value is -3.06. The molecule has 3 aromatic rings. The van der Waals surface area contributed by atoms with Crippen LogP contribution in [0, 0.1) is 0 Å². The van der Waals surface area contributed by atoms with E-state index >= 15 is 0 Å². The molecule has 2 aliphatic heterocycles. The zero-order valence-corrected chi connectivity index (χ0v) is 15.2. The van der Waals surface area contributed by atoms with Gasteiger partial charge in [-0.3, -0.25) is 9.67 Å².